The normalized spacial score (nSPS) is 10.3. The topological polar surface area (TPSA) is 68.0 Å². The third kappa shape index (κ3) is 3.21. The molecule has 1 aromatic heterocycles. The molecule has 0 atom stereocenters. The molecule has 7 heteroatoms. The van der Waals surface area contributed by atoms with Gasteiger partial charge >= 0.3 is 0 Å². The minimum Gasteiger partial charge on any atom is -0.384 e. The van der Waals surface area contributed by atoms with E-state index in [0.717, 1.165) is 12.1 Å². The molecule has 0 spiro atoms. The second-order valence-electron chi connectivity index (χ2n) is 4.00. The Labute approximate surface area is 118 Å². The molecule has 0 aliphatic rings. The molecule has 104 valence electrons. The molecular weight excluding hydrogens is 288 g/mol. The average Bonchev–Trinajstić information content (AvgIpc) is 2.42. The van der Waals surface area contributed by atoms with Gasteiger partial charge in [-0.15, -0.1) is 0 Å². The van der Waals surface area contributed by atoms with Crippen molar-refractivity contribution in [2.75, 3.05) is 5.73 Å². The lowest BCUT2D eigenvalue weighted by molar-refractivity contribution is 0.0946. The standard InChI is InChI=1S/C13H10ClF2N3O/c14-8-2-4-11(17)19-12(8)13(20)18-6-7-1-3-9(15)10(16)5-7/h1-5H,6H2,(H2,17,19)(H,18,20). The minimum atomic E-state index is -0.975. The lowest BCUT2D eigenvalue weighted by atomic mass is 10.2. The molecule has 20 heavy (non-hydrogen) atoms. The number of nitrogens with one attached hydrogen (secondary N) is 1. The summed E-state index contributed by atoms with van der Waals surface area (Å²) in [6, 6.07) is 6.28. The van der Waals surface area contributed by atoms with E-state index >= 15 is 0 Å². The molecule has 1 aromatic carbocycles. The lowest BCUT2D eigenvalue weighted by Gasteiger charge is -2.07. The molecule has 2 rings (SSSR count). The van der Waals surface area contributed by atoms with Gasteiger partial charge in [-0.25, -0.2) is 13.8 Å². The van der Waals surface area contributed by atoms with Crippen LogP contribution in [0.2, 0.25) is 5.02 Å². The number of benzene rings is 1. The molecule has 0 bridgehead atoms. The Balaban J connectivity index is 2.08. The molecule has 0 fully saturated rings. The van der Waals surface area contributed by atoms with E-state index in [1.807, 2.05) is 0 Å². The van der Waals surface area contributed by atoms with E-state index in [1.165, 1.54) is 18.2 Å². The molecule has 3 N–H and O–H groups in total. The molecule has 4 nitrogen and oxygen atoms in total. The number of carbonyl (C=O) groups excluding carboxylic acids is 1. The summed E-state index contributed by atoms with van der Waals surface area (Å²) in [5.41, 5.74) is 5.86. The van der Waals surface area contributed by atoms with Gasteiger partial charge in [0.1, 0.15) is 11.5 Å². The third-order valence-corrected chi connectivity index (χ3v) is 2.82. The first-order valence-corrected chi connectivity index (χ1v) is 5.99. The van der Waals surface area contributed by atoms with Gasteiger partial charge in [-0.1, -0.05) is 17.7 Å². The van der Waals surface area contributed by atoms with E-state index in [0.29, 0.717) is 5.56 Å². The summed E-state index contributed by atoms with van der Waals surface area (Å²) in [6.45, 7) is 0.0167. The van der Waals surface area contributed by atoms with Crippen molar-refractivity contribution in [3.8, 4) is 0 Å². The highest BCUT2D eigenvalue weighted by atomic mass is 35.5. The van der Waals surface area contributed by atoms with Gasteiger partial charge in [0, 0.05) is 6.54 Å². The zero-order valence-corrected chi connectivity index (χ0v) is 10.9. The number of hydrogen-bond acceptors (Lipinski definition) is 3. The van der Waals surface area contributed by atoms with Crippen LogP contribution in [0.4, 0.5) is 14.6 Å². The zero-order chi connectivity index (χ0) is 14.7. The molecule has 0 saturated carbocycles. The number of carbonyl (C=O) groups is 1. The number of aromatic nitrogens is 1. The van der Waals surface area contributed by atoms with Gasteiger partial charge in [-0.3, -0.25) is 4.79 Å². The van der Waals surface area contributed by atoms with Crippen molar-refractivity contribution in [1.82, 2.24) is 10.3 Å². The SMILES string of the molecule is Nc1ccc(Cl)c(C(=O)NCc2ccc(F)c(F)c2)n1. The minimum absolute atomic E-state index is 0.0167. The first-order chi connectivity index (χ1) is 9.47. The molecular formula is C13H10ClF2N3O. The van der Waals surface area contributed by atoms with E-state index in [-0.39, 0.29) is 23.1 Å². The predicted molar refractivity (Wildman–Crippen MR) is 71.2 cm³/mol. The van der Waals surface area contributed by atoms with Crippen LogP contribution >= 0.6 is 11.6 Å². The molecule has 0 aliphatic carbocycles. The summed E-state index contributed by atoms with van der Waals surface area (Å²) >= 11 is 5.83. The number of hydrogen-bond donors (Lipinski definition) is 2. The summed E-state index contributed by atoms with van der Waals surface area (Å²) in [4.78, 5) is 15.7. The Kier molecular flexibility index (Phi) is 4.14. The molecule has 0 radical (unpaired) electrons. The summed E-state index contributed by atoms with van der Waals surface area (Å²) in [5, 5.41) is 2.65. The van der Waals surface area contributed by atoms with Crippen molar-refractivity contribution in [1.29, 1.82) is 0 Å². The van der Waals surface area contributed by atoms with Gasteiger partial charge in [0.05, 0.1) is 5.02 Å². The first kappa shape index (κ1) is 14.2. The summed E-state index contributed by atoms with van der Waals surface area (Å²) in [7, 11) is 0. The molecule has 0 saturated heterocycles. The van der Waals surface area contributed by atoms with Gasteiger partial charge in [-0.05, 0) is 29.8 Å². The number of rotatable bonds is 3. The molecule has 0 aliphatic heterocycles. The molecule has 0 unspecified atom stereocenters. The molecule has 2 aromatic rings. The van der Waals surface area contributed by atoms with Crippen molar-refractivity contribution in [3.63, 3.8) is 0 Å². The van der Waals surface area contributed by atoms with Crippen LogP contribution in [0.1, 0.15) is 16.1 Å². The van der Waals surface area contributed by atoms with Gasteiger partial charge in [0.2, 0.25) is 0 Å². The summed E-state index contributed by atoms with van der Waals surface area (Å²) < 4.78 is 25.8. The van der Waals surface area contributed by atoms with E-state index in [1.54, 1.807) is 0 Å². The number of nitrogens with two attached hydrogens (primary N) is 1. The fourth-order valence-corrected chi connectivity index (χ4v) is 1.72. The molecule has 1 heterocycles. The van der Waals surface area contributed by atoms with Crippen molar-refractivity contribution in [2.24, 2.45) is 0 Å². The van der Waals surface area contributed by atoms with E-state index in [4.69, 9.17) is 17.3 Å². The van der Waals surface area contributed by atoms with Crippen LogP contribution in [0.25, 0.3) is 0 Å². The Morgan fingerprint density at radius 2 is 2.00 bits per heavy atom. The quantitative estimate of drug-likeness (QED) is 0.915. The van der Waals surface area contributed by atoms with Crippen LogP contribution in [-0.4, -0.2) is 10.9 Å². The number of pyridine rings is 1. The van der Waals surface area contributed by atoms with E-state index in [2.05, 4.69) is 10.3 Å². The van der Waals surface area contributed by atoms with E-state index < -0.39 is 17.5 Å². The Morgan fingerprint density at radius 1 is 1.25 bits per heavy atom. The predicted octanol–water partition coefficient (Wildman–Crippen LogP) is 2.53. The highest BCUT2D eigenvalue weighted by Crippen LogP contribution is 2.15. The summed E-state index contributed by atoms with van der Waals surface area (Å²) in [5.74, 6) is -2.31. The number of amides is 1. The number of nitrogens with zero attached hydrogens (tertiary/aromatic N) is 1. The van der Waals surface area contributed by atoms with E-state index in [9.17, 15) is 13.6 Å². The fraction of sp³-hybridized carbons (Fsp3) is 0.0769. The van der Waals surface area contributed by atoms with Crippen LogP contribution < -0.4 is 11.1 Å². The maximum Gasteiger partial charge on any atom is 0.271 e. The highest BCUT2D eigenvalue weighted by Gasteiger charge is 2.12. The largest absolute Gasteiger partial charge is 0.384 e. The van der Waals surface area contributed by atoms with Gasteiger partial charge in [-0.2, -0.15) is 0 Å². The van der Waals surface area contributed by atoms with Crippen molar-refractivity contribution in [2.45, 2.75) is 6.54 Å². The second kappa shape index (κ2) is 5.83. The van der Waals surface area contributed by atoms with Gasteiger partial charge in [0.25, 0.3) is 5.91 Å². The number of nitrogen functional groups attached to an aromatic ring is 1. The Bertz CT molecular complexity index is 664. The van der Waals surface area contributed by atoms with Crippen LogP contribution in [0.15, 0.2) is 30.3 Å². The van der Waals surface area contributed by atoms with Crippen LogP contribution in [-0.2, 0) is 6.54 Å². The average molecular weight is 298 g/mol. The summed E-state index contributed by atoms with van der Waals surface area (Å²) in [6.07, 6.45) is 0. The lowest BCUT2D eigenvalue weighted by Crippen LogP contribution is -2.24. The van der Waals surface area contributed by atoms with Crippen molar-refractivity contribution in [3.05, 3.63) is 58.2 Å². The fourth-order valence-electron chi connectivity index (χ4n) is 1.53. The second-order valence-corrected chi connectivity index (χ2v) is 4.40. The highest BCUT2D eigenvalue weighted by molar-refractivity contribution is 6.33. The van der Waals surface area contributed by atoms with Crippen molar-refractivity contribution < 1.29 is 13.6 Å². The first-order valence-electron chi connectivity index (χ1n) is 5.61. The molecule has 1 amide bonds. The van der Waals surface area contributed by atoms with Crippen LogP contribution in [0.3, 0.4) is 0 Å². The van der Waals surface area contributed by atoms with Gasteiger partial charge < -0.3 is 11.1 Å². The number of halogens is 3. The van der Waals surface area contributed by atoms with Crippen molar-refractivity contribution >= 4 is 23.3 Å². The Hall–Kier alpha value is -2.21. The zero-order valence-electron chi connectivity index (χ0n) is 10.2. The van der Waals surface area contributed by atoms with Gasteiger partial charge in [0.15, 0.2) is 11.6 Å². The third-order valence-electron chi connectivity index (χ3n) is 2.52. The Morgan fingerprint density at radius 3 is 2.70 bits per heavy atom. The smallest absolute Gasteiger partial charge is 0.271 e. The monoisotopic (exact) mass is 297 g/mol. The maximum atomic E-state index is 13.0. The van der Waals surface area contributed by atoms with Crippen LogP contribution in [0.5, 0.6) is 0 Å². The maximum absolute atomic E-state index is 13.0. The van der Waals surface area contributed by atoms with Crippen LogP contribution in [0, 0.1) is 11.6 Å². The number of anilines is 1.